The molecule has 2 aliphatic heterocycles. The van der Waals surface area contributed by atoms with Crippen molar-refractivity contribution in [2.24, 2.45) is 5.41 Å². The Hall–Kier alpha value is -1.10. The van der Waals surface area contributed by atoms with E-state index in [-0.39, 0.29) is 5.91 Å². The standard InChI is InChI=1S/C8H11NO4/c1-7(2)4-8(3-10,6(12)13-4)9-5(7)11/h4,10H,3H2,1-2H3,(H,9,11)/t4-,8+/m0/s1. The summed E-state index contributed by atoms with van der Waals surface area (Å²) < 4.78 is 4.86. The molecule has 13 heavy (non-hydrogen) atoms. The summed E-state index contributed by atoms with van der Waals surface area (Å²) in [4.78, 5) is 22.5. The first kappa shape index (κ1) is 8.50. The quantitative estimate of drug-likeness (QED) is 0.503. The number of rotatable bonds is 1. The van der Waals surface area contributed by atoms with E-state index in [2.05, 4.69) is 5.32 Å². The van der Waals surface area contributed by atoms with Gasteiger partial charge in [0.2, 0.25) is 5.91 Å². The molecule has 72 valence electrons. The van der Waals surface area contributed by atoms with Crippen LogP contribution in [0.15, 0.2) is 0 Å². The highest BCUT2D eigenvalue weighted by Gasteiger charge is 2.71. The Labute approximate surface area is 75.1 Å². The van der Waals surface area contributed by atoms with Gasteiger partial charge in [-0.1, -0.05) is 0 Å². The van der Waals surface area contributed by atoms with Crippen LogP contribution in [0.2, 0.25) is 0 Å². The average Bonchev–Trinajstić information content (AvgIpc) is 2.22. The summed E-state index contributed by atoms with van der Waals surface area (Å²) in [7, 11) is 0. The average molecular weight is 185 g/mol. The fraction of sp³-hybridized carbons (Fsp3) is 0.750. The number of hydrogen-bond donors (Lipinski definition) is 2. The summed E-state index contributed by atoms with van der Waals surface area (Å²) in [6.45, 7) is 2.99. The molecule has 0 bridgehead atoms. The van der Waals surface area contributed by atoms with Crippen LogP contribution >= 0.6 is 0 Å². The fourth-order valence-electron chi connectivity index (χ4n) is 1.91. The van der Waals surface area contributed by atoms with Crippen molar-refractivity contribution in [3.63, 3.8) is 0 Å². The fourth-order valence-corrected chi connectivity index (χ4v) is 1.91. The molecule has 2 fully saturated rings. The van der Waals surface area contributed by atoms with E-state index >= 15 is 0 Å². The van der Waals surface area contributed by atoms with Gasteiger partial charge in [-0.05, 0) is 13.8 Å². The van der Waals surface area contributed by atoms with Gasteiger partial charge in [0.15, 0.2) is 11.6 Å². The van der Waals surface area contributed by atoms with E-state index < -0.39 is 29.6 Å². The molecule has 0 aromatic rings. The molecule has 2 heterocycles. The third kappa shape index (κ3) is 0.709. The molecule has 0 aromatic heterocycles. The third-order valence-electron chi connectivity index (χ3n) is 2.86. The van der Waals surface area contributed by atoms with Crippen molar-refractivity contribution in [3.8, 4) is 0 Å². The number of hydrogen-bond acceptors (Lipinski definition) is 4. The Morgan fingerprint density at radius 2 is 2.15 bits per heavy atom. The lowest BCUT2D eigenvalue weighted by Gasteiger charge is -2.43. The summed E-state index contributed by atoms with van der Waals surface area (Å²) in [5.41, 5.74) is -1.91. The number of nitrogens with one attached hydrogen (secondary N) is 1. The zero-order valence-corrected chi connectivity index (χ0v) is 7.46. The third-order valence-corrected chi connectivity index (χ3v) is 2.86. The Balaban J connectivity index is 2.40. The molecule has 0 spiro atoms. The number of carbonyl (C=O) groups is 2. The Morgan fingerprint density at radius 3 is 2.46 bits per heavy atom. The van der Waals surface area contributed by atoms with Crippen molar-refractivity contribution in [1.82, 2.24) is 5.32 Å². The lowest BCUT2D eigenvalue weighted by Crippen LogP contribution is -2.69. The largest absolute Gasteiger partial charge is 0.456 e. The summed E-state index contributed by atoms with van der Waals surface area (Å²) >= 11 is 0. The van der Waals surface area contributed by atoms with Gasteiger partial charge in [0, 0.05) is 0 Å². The highest BCUT2D eigenvalue weighted by molar-refractivity contribution is 6.01. The Morgan fingerprint density at radius 1 is 1.54 bits per heavy atom. The molecule has 5 nitrogen and oxygen atoms in total. The van der Waals surface area contributed by atoms with Crippen molar-refractivity contribution in [2.75, 3.05) is 6.61 Å². The molecule has 0 saturated carbocycles. The Kier molecular flexibility index (Phi) is 1.33. The number of fused-ring (bicyclic) bond motifs is 1. The molecule has 0 aliphatic carbocycles. The van der Waals surface area contributed by atoms with Crippen LogP contribution in [0, 0.1) is 5.41 Å². The van der Waals surface area contributed by atoms with Gasteiger partial charge in [0.05, 0.1) is 12.0 Å². The van der Waals surface area contributed by atoms with Crippen molar-refractivity contribution >= 4 is 11.9 Å². The van der Waals surface area contributed by atoms with E-state index in [0.717, 1.165) is 0 Å². The van der Waals surface area contributed by atoms with Crippen LogP contribution in [0.1, 0.15) is 13.8 Å². The minimum Gasteiger partial charge on any atom is -0.456 e. The van der Waals surface area contributed by atoms with Crippen LogP contribution in [0.4, 0.5) is 0 Å². The maximum atomic E-state index is 11.4. The van der Waals surface area contributed by atoms with Gasteiger partial charge < -0.3 is 15.2 Å². The predicted octanol–water partition coefficient (Wildman–Crippen LogP) is -1.20. The molecule has 5 heteroatoms. The van der Waals surface area contributed by atoms with Crippen molar-refractivity contribution in [2.45, 2.75) is 25.5 Å². The molecular formula is C8H11NO4. The van der Waals surface area contributed by atoms with E-state index in [1.807, 2.05) is 0 Å². The van der Waals surface area contributed by atoms with Crippen LogP contribution in [0.25, 0.3) is 0 Å². The smallest absolute Gasteiger partial charge is 0.338 e. The van der Waals surface area contributed by atoms with Gasteiger partial charge in [-0.3, -0.25) is 4.79 Å². The van der Waals surface area contributed by atoms with Crippen molar-refractivity contribution in [3.05, 3.63) is 0 Å². The van der Waals surface area contributed by atoms with E-state index in [0.29, 0.717) is 0 Å². The minimum absolute atomic E-state index is 0.252. The molecule has 0 aromatic carbocycles. The number of aliphatic hydroxyl groups is 1. The van der Waals surface area contributed by atoms with E-state index in [1.165, 1.54) is 0 Å². The number of esters is 1. The van der Waals surface area contributed by atoms with Crippen LogP contribution in [0.5, 0.6) is 0 Å². The molecule has 0 radical (unpaired) electrons. The molecule has 2 atom stereocenters. The maximum Gasteiger partial charge on any atom is 0.338 e. The van der Waals surface area contributed by atoms with Gasteiger partial charge in [0.25, 0.3) is 0 Å². The van der Waals surface area contributed by atoms with Gasteiger partial charge in [-0.2, -0.15) is 0 Å². The first-order valence-electron chi connectivity index (χ1n) is 4.10. The van der Waals surface area contributed by atoms with Gasteiger partial charge in [-0.25, -0.2) is 4.79 Å². The Bertz CT molecular complexity index is 299. The highest BCUT2D eigenvalue weighted by Crippen LogP contribution is 2.45. The van der Waals surface area contributed by atoms with Gasteiger partial charge >= 0.3 is 5.97 Å². The predicted molar refractivity (Wildman–Crippen MR) is 41.6 cm³/mol. The van der Waals surface area contributed by atoms with Gasteiger partial charge in [-0.15, -0.1) is 0 Å². The summed E-state index contributed by atoms with van der Waals surface area (Å²) in [6.07, 6.45) is -0.537. The first-order chi connectivity index (χ1) is 5.95. The molecular weight excluding hydrogens is 174 g/mol. The molecule has 0 unspecified atom stereocenters. The van der Waals surface area contributed by atoms with E-state index in [1.54, 1.807) is 13.8 Å². The zero-order chi connectivity index (χ0) is 9.85. The van der Waals surface area contributed by atoms with Gasteiger partial charge in [0.1, 0.15) is 0 Å². The highest BCUT2D eigenvalue weighted by atomic mass is 16.6. The molecule has 2 saturated heterocycles. The number of amides is 1. The second-order valence-corrected chi connectivity index (χ2v) is 4.09. The summed E-state index contributed by atoms with van der Waals surface area (Å²) in [5, 5.41) is 11.5. The molecule has 1 amide bonds. The number of carbonyl (C=O) groups excluding carboxylic acids is 2. The first-order valence-corrected chi connectivity index (χ1v) is 4.10. The van der Waals surface area contributed by atoms with Crippen LogP contribution < -0.4 is 5.32 Å². The lowest BCUT2D eigenvalue weighted by atomic mass is 9.76. The normalized spacial score (nSPS) is 40.4. The van der Waals surface area contributed by atoms with Crippen molar-refractivity contribution in [1.29, 1.82) is 0 Å². The number of ether oxygens (including phenoxy) is 1. The second-order valence-electron chi connectivity index (χ2n) is 4.09. The van der Waals surface area contributed by atoms with Crippen LogP contribution in [-0.4, -0.2) is 35.2 Å². The molecule has 2 rings (SSSR count). The molecule has 2 N–H and O–H groups in total. The summed E-state index contributed by atoms with van der Waals surface area (Å²) in [6, 6.07) is 0. The van der Waals surface area contributed by atoms with Crippen LogP contribution in [0.3, 0.4) is 0 Å². The van der Waals surface area contributed by atoms with Crippen LogP contribution in [-0.2, 0) is 14.3 Å². The van der Waals surface area contributed by atoms with E-state index in [9.17, 15) is 9.59 Å². The van der Waals surface area contributed by atoms with E-state index in [4.69, 9.17) is 9.84 Å². The monoisotopic (exact) mass is 185 g/mol. The zero-order valence-electron chi connectivity index (χ0n) is 7.46. The minimum atomic E-state index is -1.17. The summed E-state index contributed by atoms with van der Waals surface area (Å²) in [5.74, 6) is -0.795. The lowest BCUT2D eigenvalue weighted by molar-refractivity contribution is -0.201. The topological polar surface area (TPSA) is 75.6 Å². The molecule has 2 aliphatic rings. The second kappa shape index (κ2) is 2.04. The van der Waals surface area contributed by atoms with Crippen molar-refractivity contribution < 1.29 is 19.4 Å². The SMILES string of the molecule is CC1(C)C(=O)N[C@@]2(CO)C(=O)O[C@@H]12. The number of aliphatic hydroxyl groups excluding tert-OH is 1. The maximum absolute atomic E-state index is 11.4.